The van der Waals surface area contributed by atoms with Crippen molar-refractivity contribution in [2.75, 3.05) is 33.7 Å². The van der Waals surface area contributed by atoms with Crippen LogP contribution in [-0.4, -0.2) is 60.8 Å². The topological polar surface area (TPSA) is 26.7 Å². The molecule has 0 unspecified atom stereocenters. The number of hydrogen-bond acceptors (Lipinski definition) is 3. The molecule has 2 aliphatic rings. The van der Waals surface area contributed by atoms with E-state index in [1.54, 1.807) is 0 Å². The van der Waals surface area contributed by atoms with Crippen molar-refractivity contribution in [3.05, 3.63) is 0 Å². The van der Waals surface area contributed by atoms with Gasteiger partial charge in [-0.3, -0.25) is 4.90 Å². The molecular weight excluding hydrogens is 212 g/mol. The number of aliphatic hydroxyl groups excluding tert-OH is 1. The summed E-state index contributed by atoms with van der Waals surface area (Å²) in [5.74, 6) is 0.567. The van der Waals surface area contributed by atoms with Crippen LogP contribution in [0.5, 0.6) is 0 Å². The van der Waals surface area contributed by atoms with E-state index in [2.05, 4.69) is 23.9 Å². The van der Waals surface area contributed by atoms with Gasteiger partial charge in [-0.2, -0.15) is 0 Å². The second-order valence-electron chi connectivity index (χ2n) is 6.06. The lowest BCUT2D eigenvalue weighted by molar-refractivity contribution is -0.0364. The summed E-state index contributed by atoms with van der Waals surface area (Å²) in [5, 5.41) is 10.1. The third-order valence-corrected chi connectivity index (χ3v) is 4.51. The molecule has 0 aromatic carbocycles. The fourth-order valence-electron chi connectivity index (χ4n) is 3.59. The maximum Gasteiger partial charge on any atom is 0.0595 e. The van der Waals surface area contributed by atoms with Gasteiger partial charge in [0.1, 0.15) is 0 Å². The van der Waals surface area contributed by atoms with E-state index in [1.165, 1.54) is 45.2 Å². The van der Waals surface area contributed by atoms with Crippen LogP contribution in [0.25, 0.3) is 0 Å². The molecule has 0 radical (unpaired) electrons. The van der Waals surface area contributed by atoms with E-state index in [9.17, 15) is 5.11 Å². The van der Waals surface area contributed by atoms with Crippen molar-refractivity contribution < 1.29 is 5.11 Å². The van der Waals surface area contributed by atoms with Gasteiger partial charge in [0.05, 0.1) is 6.10 Å². The van der Waals surface area contributed by atoms with Crippen LogP contribution < -0.4 is 0 Å². The molecule has 1 N–H and O–H groups in total. The van der Waals surface area contributed by atoms with Gasteiger partial charge in [0.15, 0.2) is 0 Å². The number of likely N-dealkylation sites (tertiary alicyclic amines) is 1. The third kappa shape index (κ3) is 3.43. The first-order valence-corrected chi connectivity index (χ1v) is 7.25. The summed E-state index contributed by atoms with van der Waals surface area (Å²) in [6.07, 6.45) is 7.46. The molecule has 1 aliphatic heterocycles. The Labute approximate surface area is 106 Å². The maximum absolute atomic E-state index is 10.1. The molecule has 100 valence electrons. The van der Waals surface area contributed by atoms with Crippen LogP contribution in [0, 0.1) is 5.92 Å². The van der Waals surface area contributed by atoms with Gasteiger partial charge in [0, 0.05) is 18.5 Å². The highest BCUT2D eigenvalue weighted by molar-refractivity contribution is 4.91. The van der Waals surface area contributed by atoms with Crippen molar-refractivity contribution in [1.82, 2.24) is 9.80 Å². The van der Waals surface area contributed by atoms with Crippen molar-refractivity contribution in [2.24, 2.45) is 5.92 Å². The van der Waals surface area contributed by atoms with Crippen LogP contribution in [0.4, 0.5) is 0 Å². The SMILES string of the molecule is CN(C)CCCN1CC[C@H](O)[C@@H]2CCCC[C@H]21. The number of nitrogens with zero attached hydrogens (tertiary/aromatic N) is 2. The second kappa shape index (κ2) is 6.17. The number of rotatable bonds is 4. The highest BCUT2D eigenvalue weighted by Gasteiger charge is 2.37. The van der Waals surface area contributed by atoms with E-state index in [0.29, 0.717) is 12.0 Å². The Morgan fingerprint density at radius 2 is 1.94 bits per heavy atom. The first-order chi connectivity index (χ1) is 8.18. The summed E-state index contributed by atoms with van der Waals surface area (Å²) in [4.78, 5) is 4.91. The molecule has 3 heteroatoms. The molecular formula is C14H28N2O. The van der Waals surface area contributed by atoms with E-state index >= 15 is 0 Å². The zero-order chi connectivity index (χ0) is 12.3. The number of fused-ring (bicyclic) bond motifs is 1. The molecule has 2 fully saturated rings. The molecule has 0 amide bonds. The summed E-state index contributed by atoms with van der Waals surface area (Å²) < 4.78 is 0. The van der Waals surface area contributed by atoms with Crippen LogP contribution in [0.1, 0.15) is 38.5 Å². The Balaban J connectivity index is 1.84. The fourth-order valence-corrected chi connectivity index (χ4v) is 3.59. The average Bonchev–Trinajstić information content (AvgIpc) is 2.32. The third-order valence-electron chi connectivity index (χ3n) is 4.51. The Morgan fingerprint density at radius 1 is 1.18 bits per heavy atom. The Morgan fingerprint density at radius 3 is 2.71 bits per heavy atom. The normalized spacial score (nSPS) is 34.9. The highest BCUT2D eigenvalue weighted by Crippen LogP contribution is 2.35. The highest BCUT2D eigenvalue weighted by atomic mass is 16.3. The molecule has 1 aliphatic carbocycles. The Bertz CT molecular complexity index is 232. The predicted octanol–water partition coefficient (Wildman–Crippen LogP) is 1.56. The van der Waals surface area contributed by atoms with Gasteiger partial charge >= 0.3 is 0 Å². The van der Waals surface area contributed by atoms with Crippen molar-refractivity contribution in [1.29, 1.82) is 0 Å². The molecule has 3 nitrogen and oxygen atoms in total. The van der Waals surface area contributed by atoms with Crippen molar-refractivity contribution >= 4 is 0 Å². The van der Waals surface area contributed by atoms with Crippen LogP contribution in [-0.2, 0) is 0 Å². The minimum Gasteiger partial charge on any atom is -0.393 e. The summed E-state index contributed by atoms with van der Waals surface area (Å²) in [5.41, 5.74) is 0. The largest absolute Gasteiger partial charge is 0.393 e. The smallest absolute Gasteiger partial charge is 0.0595 e. The van der Waals surface area contributed by atoms with Gasteiger partial charge in [-0.05, 0) is 52.9 Å². The zero-order valence-corrected chi connectivity index (χ0v) is 11.4. The monoisotopic (exact) mass is 240 g/mol. The van der Waals surface area contributed by atoms with E-state index in [0.717, 1.165) is 13.0 Å². The second-order valence-corrected chi connectivity index (χ2v) is 6.06. The molecule has 1 saturated carbocycles. The van der Waals surface area contributed by atoms with Crippen LogP contribution >= 0.6 is 0 Å². The van der Waals surface area contributed by atoms with Crippen molar-refractivity contribution in [3.8, 4) is 0 Å². The summed E-state index contributed by atoms with van der Waals surface area (Å²) >= 11 is 0. The van der Waals surface area contributed by atoms with Gasteiger partial charge in [0.25, 0.3) is 0 Å². The van der Waals surface area contributed by atoms with Gasteiger partial charge in [0.2, 0.25) is 0 Å². The van der Waals surface area contributed by atoms with Crippen LogP contribution in [0.3, 0.4) is 0 Å². The molecule has 2 rings (SSSR count). The number of aliphatic hydroxyl groups is 1. The molecule has 0 aromatic rings. The first-order valence-electron chi connectivity index (χ1n) is 7.25. The first kappa shape index (κ1) is 13.3. The molecule has 1 heterocycles. The predicted molar refractivity (Wildman–Crippen MR) is 71.1 cm³/mol. The van der Waals surface area contributed by atoms with Gasteiger partial charge in [-0.25, -0.2) is 0 Å². The van der Waals surface area contributed by atoms with Crippen molar-refractivity contribution in [2.45, 2.75) is 50.7 Å². The number of hydrogen-bond donors (Lipinski definition) is 1. The van der Waals surface area contributed by atoms with Gasteiger partial charge in [-0.15, -0.1) is 0 Å². The van der Waals surface area contributed by atoms with Crippen LogP contribution in [0.15, 0.2) is 0 Å². The zero-order valence-electron chi connectivity index (χ0n) is 11.4. The van der Waals surface area contributed by atoms with E-state index in [4.69, 9.17) is 0 Å². The summed E-state index contributed by atoms with van der Waals surface area (Å²) in [6.45, 7) is 3.50. The lowest BCUT2D eigenvalue weighted by atomic mass is 9.76. The van der Waals surface area contributed by atoms with E-state index in [1.807, 2.05) is 0 Å². The van der Waals surface area contributed by atoms with Gasteiger partial charge < -0.3 is 10.0 Å². The maximum atomic E-state index is 10.1. The average molecular weight is 240 g/mol. The molecule has 1 saturated heterocycles. The minimum absolute atomic E-state index is 0.0228. The van der Waals surface area contributed by atoms with Gasteiger partial charge in [-0.1, -0.05) is 12.8 Å². The van der Waals surface area contributed by atoms with E-state index in [-0.39, 0.29) is 6.10 Å². The Kier molecular flexibility index (Phi) is 4.83. The van der Waals surface area contributed by atoms with E-state index < -0.39 is 0 Å². The minimum atomic E-state index is -0.0228. The quantitative estimate of drug-likeness (QED) is 0.808. The summed E-state index contributed by atoms with van der Waals surface area (Å²) in [6, 6.07) is 0.676. The van der Waals surface area contributed by atoms with Crippen LogP contribution in [0.2, 0.25) is 0 Å². The lowest BCUT2D eigenvalue weighted by Gasteiger charge is -2.46. The summed E-state index contributed by atoms with van der Waals surface area (Å²) in [7, 11) is 4.28. The molecule has 3 atom stereocenters. The molecule has 17 heavy (non-hydrogen) atoms. The lowest BCUT2D eigenvalue weighted by Crippen LogP contribution is -2.52. The molecule has 0 aromatic heterocycles. The number of piperidine rings is 1. The van der Waals surface area contributed by atoms with Crippen molar-refractivity contribution in [3.63, 3.8) is 0 Å². The standard InChI is InChI=1S/C14H28N2O/c1-15(2)9-5-10-16-11-8-14(17)12-6-3-4-7-13(12)16/h12-14,17H,3-11H2,1-2H3/t12-,13-,14+/m1/s1. The molecule has 0 spiro atoms. The Hall–Kier alpha value is -0.120. The fraction of sp³-hybridized carbons (Fsp3) is 1.00. The molecule has 0 bridgehead atoms.